The minimum atomic E-state index is 0.354. The van der Waals surface area contributed by atoms with Crippen LogP contribution in [0.2, 0.25) is 0 Å². The molecule has 2 rings (SSSR count). The van der Waals surface area contributed by atoms with Gasteiger partial charge < -0.3 is 4.74 Å². The monoisotopic (exact) mass is 259 g/mol. The average Bonchev–Trinajstić information content (AvgIpc) is 2.83. The summed E-state index contributed by atoms with van der Waals surface area (Å²) in [6.45, 7) is 1.08. The molecule has 0 aliphatic heterocycles. The Balaban J connectivity index is 1.96. The van der Waals surface area contributed by atoms with Crippen LogP contribution in [0.1, 0.15) is 28.2 Å². The molecule has 0 saturated heterocycles. The number of aromatic nitrogens is 3. The molecule has 5 heteroatoms. The highest BCUT2D eigenvalue weighted by Crippen LogP contribution is 2.08. The van der Waals surface area contributed by atoms with Gasteiger partial charge in [-0.3, -0.25) is 4.79 Å². The molecule has 0 bridgehead atoms. The van der Waals surface area contributed by atoms with Crippen LogP contribution in [-0.2, 0) is 24.3 Å². The summed E-state index contributed by atoms with van der Waals surface area (Å²) in [7, 11) is 1.59. The summed E-state index contributed by atoms with van der Waals surface area (Å²) >= 11 is 0. The van der Waals surface area contributed by atoms with Crippen molar-refractivity contribution in [2.75, 3.05) is 7.11 Å². The largest absolute Gasteiger partial charge is 0.378 e. The smallest absolute Gasteiger partial charge is 0.172 e. The third kappa shape index (κ3) is 3.48. The number of benzene rings is 1. The quantitative estimate of drug-likeness (QED) is 0.712. The van der Waals surface area contributed by atoms with Gasteiger partial charge in [-0.2, -0.15) is 0 Å². The second-order valence-electron chi connectivity index (χ2n) is 4.28. The molecule has 1 aromatic heterocycles. The molecule has 0 N–H and O–H groups in total. The van der Waals surface area contributed by atoms with E-state index in [1.54, 1.807) is 11.8 Å². The Hall–Kier alpha value is -2.01. The van der Waals surface area contributed by atoms with Crippen LogP contribution in [0.25, 0.3) is 0 Å². The number of carbonyl (C=O) groups excluding carboxylic acids is 1. The summed E-state index contributed by atoms with van der Waals surface area (Å²) in [6, 6.07) is 10.3. The predicted octanol–water partition coefficient (Wildman–Crippen LogP) is 1.87. The Morgan fingerprint density at radius 1 is 1.32 bits per heavy atom. The number of ether oxygens (including phenoxy) is 1. The minimum Gasteiger partial charge on any atom is -0.378 e. The van der Waals surface area contributed by atoms with Crippen LogP contribution in [-0.4, -0.2) is 28.4 Å². The van der Waals surface area contributed by atoms with E-state index in [0.717, 1.165) is 31.4 Å². The van der Waals surface area contributed by atoms with Gasteiger partial charge in [0.1, 0.15) is 0 Å². The fourth-order valence-electron chi connectivity index (χ4n) is 1.98. The van der Waals surface area contributed by atoms with Crippen LogP contribution in [0.3, 0.4) is 0 Å². The lowest BCUT2D eigenvalue weighted by atomic mass is 10.1. The van der Waals surface area contributed by atoms with E-state index in [0.29, 0.717) is 12.3 Å². The van der Waals surface area contributed by atoms with E-state index in [9.17, 15) is 4.79 Å². The zero-order chi connectivity index (χ0) is 13.5. The molecule has 19 heavy (non-hydrogen) atoms. The van der Waals surface area contributed by atoms with Crippen molar-refractivity contribution in [3.8, 4) is 0 Å². The molecule has 0 aliphatic carbocycles. The molecule has 0 spiro atoms. The Morgan fingerprint density at radius 2 is 2.11 bits per heavy atom. The van der Waals surface area contributed by atoms with Crippen molar-refractivity contribution in [2.24, 2.45) is 0 Å². The summed E-state index contributed by atoms with van der Waals surface area (Å²) in [5, 5.41) is 7.84. The maximum Gasteiger partial charge on any atom is 0.172 e. The van der Waals surface area contributed by atoms with Gasteiger partial charge in [0.15, 0.2) is 12.0 Å². The van der Waals surface area contributed by atoms with Crippen molar-refractivity contribution in [3.05, 3.63) is 47.3 Å². The van der Waals surface area contributed by atoms with Crippen molar-refractivity contribution < 1.29 is 9.53 Å². The van der Waals surface area contributed by atoms with Crippen molar-refractivity contribution in [2.45, 2.75) is 26.0 Å². The number of carbonyl (C=O) groups is 1. The van der Waals surface area contributed by atoms with Crippen LogP contribution in [0, 0.1) is 0 Å². The molecule has 0 saturated carbocycles. The van der Waals surface area contributed by atoms with E-state index in [1.165, 1.54) is 5.56 Å². The number of nitrogens with zero attached hydrogens (tertiary/aromatic N) is 3. The molecule has 0 unspecified atom stereocenters. The maximum absolute atomic E-state index is 10.8. The molecule has 0 amide bonds. The van der Waals surface area contributed by atoms with Crippen LogP contribution in [0.4, 0.5) is 0 Å². The molecule has 5 nitrogen and oxygen atoms in total. The second-order valence-corrected chi connectivity index (χ2v) is 4.28. The summed E-state index contributed by atoms with van der Waals surface area (Å²) in [6.07, 6.45) is 2.64. The summed E-state index contributed by atoms with van der Waals surface area (Å²) in [4.78, 5) is 10.8. The van der Waals surface area contributed by atoms with Crippen molar-refractivity contribution in [1.29, 1.82) is 0 Å². The fraction of sp³-hybridized carbons (Fsp3) is 0.357. The molecule has 0 aliphatic rings. The topological polar surface area (TPSA) is 57.0 Å². The first-order valence-electron chi connectivity index (χ1n) is 6.25. The summed E-state index contributed by atoms with van der Waals surface area (Å²) in [5.74, 6) is 0. The molecule has 2 aromatic rings. The molecule has 1 heterocycles. The van der Waals surface area contributed by atoms with E-state index in [4.69, 9.17) is 4.74 Å². The standard InChI is InChI=1S/C14H17N3O2/c1-19-11-14-13(10-18)15-16-17(14)9-5-8-12-6-3-2-4-7-12/h2-4,6-7,10H,5,8-9,11H2,1H3. The van der Waals surface area contributed by atoms with Gasteiger partial charge in [-0.15, -0.1) is 5.10 Å². The molecule has 100 valence electrons. The van der Waals surface area contributed by atoms with Gasteiger partial charge in [0, 0.05) is 13.7 Å². The van der Waals surface area contributed by atoms with E-state index >= 15 is 0 Å². The lowest BCUT2D eigenvalue weighted by Gasteiger charge is -2.06. The van der Waals surface area contributed by atoms with E-state index < -0.39 is 0 Å². The lowest BCUT2D eigenvalue weighted by Crippen LogP contribution is -2.08. The first kappa shape index (κ1) is 13.4. The summed E-state index contributed by atoms with van der Waals surface area (Å²) < 4.78 is 6.82. The maximum atomic E-state index is 10.8. The molecule has 0 atom stereocenters. The molecule has 1 aromatic carbocycles. The zero-order valence-electron chi connectivity index (χ0n) is 11.0. The predicted molar refractivity (Wildman–Crippen MR) is 70.9 cm³/mol. The summed E-state index contributed by atoms with van der Waals surface area (Å²) in [5.41, 5.74) is 2.40. The van der Waals surface area contributed by atoms with Crippen molar-refractivity contribution >= 4 is 6.29 Å². The third-order valence-corrected chi connectivity index (χ3v) is 2.94. The van der Waals surface area contributed by atoms with Gasteiger partial charge in [0.25, 0.3) is 0 Å². The second kappa shape index (κ2) is 6.80. The highest BCUT2D eigenvalue weighted by atomic mass is 16.5. The molecular formula is C14H17N3O2. The van der Waals surface area contributed by atoms with Crippen LogP contribution >= 0.6 is 0 Å². The molecule has 0 radical (unpaired) electrons. The van der Waals surface area contributed by atoms with Gasteiger partial charge in [0.2, 0.25) is 0 Å². The Bertz CT molecular complexity index is 523. The van der Waals surface area contributed by atoms with Gasteiger partial charge in [-0.05, 0) is 18.4 Å². The first-order chi connectivity index (χ1) is 9.35. The van der Waals surface area contributed by atoms with Gasteiger partial charge in [-0.1, -0.05) is 35.5 Å². The molecular weight excluding hydrogens is 242 g/mol. The number of aldehydes is 1. The normalized spacial score (nSPS) is 10.6. The lowest BCUT2D eigenvalue weighted by molar-refractivity contribution is 0.111. The highest BCUT2D eigenvalue weighted by Gasteiger charge is 2.11. The Morgan fingerprint density at radius 3 is 2.79 bits per heavy atom. The van der Waals surface area contributed by atoms with Crippen LogP contribution in [0.15, 0.2) is 30.3 Å². The van der Waals surface area contributed by atoms with Gasteiger partial charge >= 0.3 is 0 Å². The average molecular weight is 259 g/mol. The Kier molecular flexibility index (Phi) is 4.80. The number of hydrogen-bond donors (Lipinski definition) is 0. The van der Waals surface area contributed by atoms with E-state index in [2.05, 4.69) is 22.4 Å². The third-order valence-electron chi connectivity index (χ3n) is 2.94. The zero-order valence-corrected chi connectivity index (χ0v) is 11.0. The van der Waals surface area contributed by atoms with E-state index in [1.807, 2.05) is 18.2 Å². The highest BCUT2D eigenvalue weighted by molar-refractivity contribution is 5.73. The van der Waals surface area contributed by atoms with Gasteiger partial charge in [0.05, 0.1) is 12.3 Å². The number of methoxy groups -OCH3 is 1. The van der Waals surface area contributed by atoms with Gasteiger partial charge in [-0.25, -0.2) is 4.68 Å². The van der Waals surface area contributed by atoms with Crippen molar-refractivity contribution in [3.63, 3.8) is 0 Å². The van der Waals surface area contributed by atoms with Crippen LogP contribution < -0.4 is 0 Å². The SMILES string of the molecule is COCc1c(C=O)nnn1CCCc1ccccc1. The van der Waals surface area contributed by atoms with Crippen LogP contribution in [0.5, 0.6) is 0 Å². The van der Waals surface area contributed by atoms with E-state index in [-0.39, 0.29) is 0 Å². The fourth-order valence-corrected chi connectivity index (χ4v) is 1.98. The number of hydrogen-bond acceptors (Lipinski definition) is 4. The number of aryl methyl sites for hydroxylation is 2. The molecule has 0 fully saturated rings. The Labute approximate surface area is 112 Å². The number of rotatable bonds is 7. The first-order valence-corrected chi connectivity index (χ1v) is 6.25. The van der Waals surface area contributed by atoms with Crippen molar-refractivity contribution in [1.82, 2.24) is 15.0 Å². The minimum absolute atomic E-state index is 0.354.